The van der Waals surface area contributed by atoms with Gasteiger partial charge < -0.3 is 5.11 Å². The molecule has 0 unspecified atom stereocenters. The molecule has 0 spiro atoms. The largest absolute Gasteiger partial charge is 0.477 e. The van der Waals surface area contributed by atoms with Gasteiger partial charge >= 0.3 is 5.97 Å². The van der Waals surface area contributed by atoms with Crippen molar-refractivity contribution < 1.29 is 18.3 Å². The molecule has 0 fully saturated rings. The molecule has 2 rings (SSSR count). The number of benzene rings is 1. The SMILES string of the molecule is Cc1cc(S(=O)(=O)Nc2cccc(C#N)c2)sc1C(=O)O. The number of thiophene rings is 1. The molecule has 108 valence electrons. The number of carboxylic acids is 1. The fraction of sp³-hybridized carbons (Fsp3) is 0.0769. The number of aryl methyl sites for hydroxylation is 1. The number of nitrogens with one attached hydrogen (secondary N) is 1. The van der Waals surface area contributed by atoms with Gasteiger partial charge in [-0.25, -0.2) is 13.2 Å². The summed E-state index contributed by atoms with van der Waals surface area (Å²) in [5, 5.41) is 17.7. The predicted octanol–water partition coefficient (Wildman–Crippen LogP) is 2.43. The quantitative estimate of drug-likeness (QED) is 0.899. The van der Waals surface area contributed by atoms with Crippen molar-refractivity contribution in [2.45, 2.75) is 11.1 Å². The fourth-order valence-corrected chi connectivity index (χ4v) is 4.08. The maximum absolute atomic E-state index is 12.2. The fourth-order valence-electron chi connectivity index (χ4n) is 1.66. The number of anilines is 1. The van der Waals surface area contributed by atoms with Crippen LogP contribution in [0.4, 0.5) is 5.69 Å². The van der Waals surface area contributed by atoms with E-state index in [2.05, 4.69) is 4.72 Å². The molecule has 0 saturated carbocycles. The third kappa shape index (κ3) is 3.21. The number of nitriles is 1. The summed E-state index contributed by atoms with van der Waals surface area (Å²) in [5.41, 5.74) is 0.958. The van der Waals surface area contributed by atoms with Gasteiger partial charge in [-0.3, -0.25) is 4.72 Å². The Balaban J connectivity index is 2.36. The molecule has 1 aromatic heterocycles. The summed E-state index contributed by atoms with van der Waals surface area (Å²) in [6.07, 6.45) is 0. The Morgan fingerprint density at radius 3 is 2.67 bits per heavy atom. The van der Waals surface area contributed by atoms with Crippen LogP contribution in [-0.4, -0.2) is 19.5 Å². The van der Waals surface area contributed by atoms with E-state index >= 15 is 0 Å². The van der Waals surface area contributed by atoms with Crippen molar-refractivity contribution in [2.75, 3.05) is 4.72 Å². The smallest absolute Gasteiger partial charge is 0.346 e. The van der Waals surface area contributed by atoms with Crippen molar-refractivity contribution >= 4 is 33.0 Å². The molecule has 6 nitrogen and oxygen atoms in total. The van der Waals surface area contributed by atoms with Crippen LogP contribution in [-0.2, 0) is 10.0 Å². The maximum Gasteiger partial charge on any atom is 0.346 e. The van der Waals surface area contributed by atoms with E-state index in [0.717, 1.165) is 0 Å². The van der Waals surface area contributed by atoms with Crippen molar-refractivity contribution in [3.63, 3.8) is 0 Å². The Labute approximate surface area is 125 Å². The molecule has 0 atom stereocenters. The standard InChI is InChI=1S/C13H10N2O4S2/c1-8-5-11(20-12(8)13(16)17)21(18,19)15-10-4-2-3-9(6-10)7-14/h2-6,15H,1H3,(H,16,17). The van der Waals surface area contributed by atoms with E-state index < -0.39 is 16.0 Å². The van der Waals surface area contributed by atoms with E-state index in [1.165, 1.54) is 25.1 Å². The second-order valence-corrected chi connectivity index (χ2v) is 7.14. The topological polar surface area (TPSA) is 107 Å². The second-order valence-electron chi connectivity index (χ2n) is 4.18. The summed E-state index contributed by atoms with van der Waals surface area (Å²) >= 11 is 0.689. The average molecular weight is 322 g/mol. The summed E-state index contributed by atoms with van der Waals surface area (Å²) in [4.78, 5) is 11.0. The van der Waals surface area contributed by atoms with E-state index in [-0.39, 0.29) is 14.8 Å². The Bertz CT molecular complexity index is 847. The zero-order valence-electron chi connectivity index (χ0n) is 10.8. The molecule has 0 aliphatic heterocycles. The molecule has 0 amide bonds. The third-order valence-electron chi connectivity index (χ3n) is 2.60. The molecule has 21 heavy (non-hydrogen) atoms. The summed E-state index contributed by atoms with van der Waals surface area (Å²) in [7, 11) is -3.88. The monoisotopic (exact) mass is 322 g/mol. The predicted molar refractivity (Wildman–Crippen MR) is 78.0 cm³/mol. The van der Waals surface area contributed by atoms with Gasteiger partial charge in [0, 0.05) is 0 Å². The molecule has 8 heteroatoms. The van der Waals surface area contributed by atoms with E-state index in [1.54, 1.807) is 12.1 Å². The number of carbonyl (C=O) groups is 1. The molecule has 1 aromatic carbocycles. The first-order chi connectivity index (χ1) is 9.83. The molecule has 2 N–H and O–H groups in total. The van der Waals surface area contributed by atoms with Crippen molar-refractivity contribution in [3.8, 4) is 6.07 Å². The molecular formula is C13H10N2O4S2. The first-order valence-electron chi connectivity index (χ1n) is 5.70. The lowest BCUT2D eigenvalue weighted by Gasteiger charge is -2.06. The second kappa shape index (κ2) is 5.55. The molecule has 0 saturated heterocycles. The van der Waals surface area contributed by atoms with Crippen molar-refractivity contribution in [1.82, 2.24) is 0 Å². The Morgan fingerprint density at radius 1 is 1.38 bits per heavy atom. The zero-order valence-corrected chi connectivity index (χ0v) is 12.5. The van der Waals surface area contributed by atoms with Gasteiger partial charge in [0.2, 0.25) is 0 Å². The molecule has 0 radical (unpaired) electrons. The van der Waals surface area contributed by atoms with Crippen LogP contribution < -0.4 is 4.72 Å². The summed E-state index contributed by atoms with van der Waals surface area (Å²) in [6, 6.07) is 9.24. The number of carboxylic acid groups (broad SMARTS) is 1. The Hall–Kier alpha value is -2.37. The van der Waals surface area contributed by atoms with Crippen LogP contribution in [0.2, 0.25) is 0 Å². The minimum Gasteiger partial charge on any atom is -0.477 e. The van der Waals surface area contributed by atoms with E-state index in [0.29, 0.717) is 22.5 Å². The van der Waals surface area contributed by atoms with E-state index in [4.69, 9.17) is 10.4 Å². The highest BCUT2D eigenvalue weighted by atomic mass is 32.2. The minimum atomic E-state index is -3.88. The molecule has 0 aliphatic carbocycles. The highest BCUT2D eigenvalue weighted by Gasteiger charge is 2.21. The number of rotatable bonds is 4. The van der Waals surface area contributed by atoms with Crippen LogP contribution in [0.25, 0.3) is 0 Å². The van der Waals surface area contributed by atoms with Crippen LogP contribution in [0.3, 0.4) is 0 Å². The Morgan fingerprint density at radius 2 is 2.10 bits per heavy atom. The van der Waals surface area contributed by atoms with Gasteiger partial charge in [0.15, 0.2) is 0 Å². The minimum absolute atomic E-state index is 0.0128. The highest BCUT2D eigenvalue weighted by Crippen LogP contribution is 2.27. The van der Waals surface area contributed by atoms with Crippen LogP contribution in [0, 0.1) is 18.3 Å². The normalized spacial score (nSPS) is 10.9. The van der Waals surface area contributed by atoms with Crippen molar-refractivity contribution in [3.05, 3.63) is 46.3 Å². The highest BCUT2D eigenvalue weighted by molar-refractivity contribution is 7.94. The number of aromatic carboxylic acids is 1. The summed E-state index contributed by atoms with van der Waals surface area (Å²) in [6.45, 7) is 1.54. The van der Waals surface area contributed by atoms with Gasteiger partial charge in [-0.2, -0.15) is 5.26 Å². The summed E-state index contributed by atoms with van der Waals surface area (Å²) < 4.78 is 26.7. The molecule has 1 heterocycles. The molecule has 0 bridgehead atoms. The number of nitrogens with zero attached hydrogens (tertiary/aromatic N) is 1. The number of sulfonamides is 1. The first kappa shape index (κ1) is 15.0. The molecule has 2 aromatic rings. The van der Waals surface area contributed by atoms with Crippen LogP contribution >= 0.6 is 11.3 Å². The van der Waals surface area contributed by atoms with Gasteiger partial charge in [0.1, 0.15) is 9.09 Å². The molecular weight excluding hydrogens is 312 g/mol. The van der Waals surface area contributed by atoms with Crippen LogP contribution in [0.5, 0.6) is 0 Å². The Kier molecular flexibility index (Phi) is 3.97. The summed E-state index contributed by atoms with van der Waals surface area (Å²) in [5.74, 6) is -1.16. The third-order valence-corrected chi connectivity index (χ3v) is 5.68. The number of hydrogen-bond donors (Lipinski definition) is 2. The van der Waals surface area contributed by atoms with Gasteiger partial charge in [0.05, 0.1) is 17.3 Å². The van der Waals surface area contributed by atoms with Crippen molar-refractivity contribution in [1.29, 1.82) is 5.26 Å². The van der Waals surface area contributed by atoms with Crippen LogP contribution in [0.1, 0.15) is 20.8 Å². The average Bonchev–Trinajstić information content (AvgIpc) is 2.81. The van der Waals surface area contributed by atoms with E-state index in [9.17, 15) is 13.2 Å². The van der Waals surface area contributed by atoms with Crippen molar-refractivity contribution in [2.24, 2.45) is 0 Å². The van der Waals surface area contributed by atoms with Gasteiger partial charge in [-0.15, -0.1) is 11.3 Å². The lowest BCUT2D eigenvalue weighted by Crippen LogP contribution is -2.11. The zero-order chi connectivity index (χ0) is 15.6. The lowest BCUT2D eigenvalue weighted by molar-refractivity contribution is 0.0701. The van der Waals surface area contributed by atoms with E-state index in [1.807, 2.05) is 6.07 Å². The lowest BCUT2D eigenvalue weighted by atomic mass is 10.2. The maximum atomic E-state index is 12.2. The molecule has 0 aliphatic rings. The first-order valence-corrected chi connectivity index (χ1v) is 8.00. The van der Waals surface area contributed by atoms with Crippen LogP contribution in [0.15, 0.2) is 34.5 Å². The number of hydrogen-bond acceptors (Lipinski definition) is 5. The van der Waals surface area contributed by atoms with Gasteiger partial charge in [-0.05, 0) is 36.8 Å². The van der Waals surface area contributed by atoms with Gasteiger partial charge in [0.25, 0.3) is 10.0 Å². The van der Waals surface area contributed by atoms with Gasteiger partial charge in [-0.1, -0.05) is 6.07 Å².